The molecule has 1 aliphatic rings. The van der Waals surface area contributed by atoms with Crippen LogP contribution in [-0.2, 0) is 4.74 Å². The van der Waals surface area contributed by atoms with E-state index in [4.69, 9.17) is 4.74 Å². The van der Waals surface area contributed by atoms with Crippen molar-refractivity contribution in [1.29, 1.82) is 0 Å². The Kier molecular flexibility index (Phi) is 5.40. The molecule has 1 fully saturated rings. The van der Waals surface area contributed by atoms with Gasteiger partial charge in [-0.15, -0.1) is 0 Å². The van der Waals surface area contributed by atoms with Crippen LogP contribution >= 0.6 is 0 Å². The van der Waals surface area contributed by atoms with Crippen molar-refractivity contribution in [3.8, 4) is 0 Å². The van der Waals surface area contributed by atoms with Crippen LogP contribution in [0, 0.1) is 0 Å². The molecule has 0 bridgehead atoms. The summed E-state index contributed by atoms with van der Waals surface area (Å²) < 4.78 is 5.55. The minimum absolute atomic E-state index is 0.543. The molecule has 1 aliphatic heterocycles. The minimum atomic E-state index is 0.543. The molecule has 0 amide bonds. The fourth-order valence-electron chi connectivity index (χ4n) is 1.90. The Morgan fingerprint density at radius 2 is 2.38 bits per heavy atom. The first kappa shape index (κ1) is 11.0. The van der Waals surface area contributed by atoms with Gasteiger partial charge in [-0.2, -0.15) is 0 Å². The second kappa shape index (κ2) is 6.39. The maximum absolute atomic E-state index is 5.55. The van der Waals surface area contributed by atoms with Crippen molar-refractivity contribution in [2.24, 2.45) is 0 Å². The summed E-state index contributed by atoms with van der Waals surface area (Å²) in [5.74, 6) is 0. The highest BCUT2D eigenvalue weighted by molar-refractivity contribution is 4.67. The number of hydrogen-bond donors (Lipinski definition) is 1. The SMILES string of the molecule is CCCC(C)NCCC1CCCO1. The summed E-state index contributed by atoms with van der Waals surface area (Å²) in [6.07, 6.45) is 6.81. The van der Waals surface area contributed by atoms with Crippen molar-refractivity contribution in [1.82, 2.24) is 5.32 Å². The average Bonchev–Trinajstić information content (AvgIpc) is 2.57. The minimum Gasteiger partial charge on any atom is -0.378 e. The van der Waals surface area contributed by atoms with E-state index >= 15 is 0 Å². The van der Waals surface area contributed by atoms with E-state index in [0.717, 1.165) is 13.2 Å². The van der Waals surface area contributed by atoms with Crippen LogP contribution in [0.15, 0.2) is 0 Å². The van der Waals surface area contributed by atoms with Crippen LogP contribution in [0.25, 0.3) is 0 Å². The normalized spacial score (nSPS) is 24.9. The first-order chi connectivity index (χ1) is 6.33. The molecule has 2 nitrogen and oxygen atoms in total. The Morgan fingerprint density at radius 3 is 3.00 bits per heavy atom. The molecule has 2 atom stereocenters. The Bertz CT molecular complexity index is 121. The third-order valence-electron chi connectivity index (χ3n) is 2.70. The van der Waals surface area contributed by atoms with E-state index in [1.807, 2.05) is 0 Å². The molecule has 0 saturated carbocycles. The molecule has 2 unspecified atom stereocenters. The summed E-state index contributed by atoms with van der Waals surface area (Å²) in [4.78, 5) is 0. The fraction of sp³-hybridized carbons (Fsp3) is 1.00. The van der Waals surface area contributed by atoms with Gasteiger partial charge in [0, 0.05) is 12.6 Å². The van der Waals surface area contributed by atoms with Crippen LogP contribution in [0.3, 0.4) is 0 Å². The summed E-state index contributed by atoms with van der Waals surface area (Å²) in [6, 6.07) is 0.673. The summed E-state index contributed by atoms with van der Waals surface area (Å²) >= 11 is 0. The van der Waals surface area contributed by atoms with Gasteiger partial charge in [0.2, 0.25) is 0 Å². The van der Waals surface area contributed by atoms with E-state index in [9.17, 15) is 0 Å². The summed E-state index contributed by atoms with van der Waals surface area (Å²) in [5.41, 5.74) is 0. The van der Waals surface area contributed by atoms with Gasteiger partial charge in [0.15, 0.2) is 0 Å². The Hall–Kier alpha value is -0.0800. The highest BCUT2D eigenvalue weighted by Crippen LogP contribution is 2.14. The van der Waals surface area contributed by atoms with Gasteiger partial charge in [0.1, 0.15) is 0 Å². The maximum Gasteiger partial charge on any atom is 0.0588 e. The maximum atomic E-state index is 5.55. The molecule has 13 heavy (non-hydrogen) atoms. The van der Waals surface area contributed by atoms with E-state index in [1.165, 1.54) is 32.1 Å². The molecule has 0 radical (unpaired) electrons. The van der Waals surface area contributed by atoms with Crippen LogP contribution in [-0.4, -0.2) is 25.3 Å². The monoisotopic (exact) mass is 185 g/mol. The second-order valence-electron chi connectivity index (χ2n) is 4.07. The van der Waals surface area contributed by atoms with E-state index < -0.39 is 0 Å². The second-order valence-corrected chi connectivity index (χ2v) is 4.07. The van der Waals surface area contributed by atoms with Crippen LogP contribution < -0.4 is 5.32 Å². The third-order valence-corrected chi connectivity index (χ3v) is 2.70. The fourth-order valence-corrected chi connectivity index (χ4v) is 1.90. The van der Waals surface area contributed by atoms with Gasteiger partial charge in [-0.25, -0.2) is 0 Å². The first-order valence-corrected chi connectivity index (χ1v) is 5.68. The molecule has 0 aromatic heterocycles. The number of hydrogen-bond acceptors (Lipinski definition) is 2. The lowest BCUT2D eigenvalue weighted by molar-refractivity contribution is 0.103. The number of ether oxygens (including phenoxy) is 1. The van der Waals surface area contributed by atoms with E-state index in [2.05, 4.69) is 19.2 Å². The number of nitrogens with one attached hydrogen (secondary N) is 1. The molecule has 1 heterocycles. The van der Waals surface area contributed by atoms with Gasteiger partial charge < -0.3 is 10.1 Å². The molecule has 0 aromatic carbocycles. The van der Waals surface area contributed by atoms with Crippen LogP contribution in [0.5, 0.6) is 0 Å². The highest BCUT2D eigenvalue weighted by Gasteiger charge is 2.14. The van der Waals surface area contributed by atoms with Crippen molar-refractivity contribution in [2.45, 2.75) is 58.1 Å². The first-order valence-electron chi connectivity index (χ1n) is 5.68. The molecule has 0 aliphatic carbocycles. The standard InChI is InChI=1S/C11H23NO/c1-3-5-10(2)12-8-7-11-6-4-9-13-11/h10-12H,3-9H2,1-2H3. The van der Waals surface area contributed by atoms with Crippen molar-refractivity contribution < 1.29 is 4.74 Å². The zero-order valence-electron chi connectivity index (χ0n) is 9.01. The summed E-state index contributed by atoms with van der Waals surface area (Å²) in [5, 5.41) is 3.53. The van der Waals surface area contributed by atoms with Crippen LogP contribution in [0.4, 0.5) is 0 Å². The molecule has 2 heteroatoms. The van der Waals surface area contributed by atoms with Crippen molar-refractivity contribution in [3.63, 3.8) is 0 Å². The quantitative estimate of drug-likeness (QED) is 0.686. The van der Waals surface area contributed by atoms with Gasteiger partial charge in [0.25, 0.3) is 0 Å². The van der Waals surface area contributed by atoms with Gasteiger partial charge in [-0.1, -0.05) is 13.3 Å². The van der Waals surface area contributed by atoms with Gasteiger partial charge in [-0.05, 0) is 39.2 Å². The average molecular weight is 185 g/mol. The smallest absolute Gasteiger partial charge is 0.0588 e. The topological polar surface area (TPSA) is 21.3 Å². The highest BCUT2D eigenvalue weighted by atomic mass is 16.5. The van der Waals surface area contributed by atoms with Gasteiger partial charge in [-0.3, -0.25) is 0 Å². The molecule has 0 aromatic rings. The summed E-state index contributed by atoms with van der Waals surface area (Å²) in [7, 11) is 0. The molecule has 1 N–H and O–H groups in total. The molecule has 1 rings (SSSR count). The summed E-state index contributed by atoms with van der Waals surface area (Å²) in [6.45, 7) is 6.60. The Labute approximate surface area is 82.0 Å². The van der Waals surface area contributed by atoms with Gasteiger partial charge in [0.05, 0.1) is 6.10 Å². The zero-order valence-corrected chi connectivity index (χ0v) is 9.01. The van der Waals surface area contributed by atoms with Crippen LogP contribution in [0.2, 0.25) is 0 Å². The predicted molar refractivity (Wildman–Crippen MR) is 56.0 cm³/mol. The van der Waals surface area contributed by atoms with E-state index in [1.54, 1.807) is 0 Å². The Morgan fingerprint density at radius 1 is 1.54 bits per heavy atom. The van der Waals surface area contributed by atoms with Gasteiger partial charge >= 0.3 is 0 Å². The number of rotatable bonds is 6. The predicted octanol–water partition coefficient (Wildman–Crippen LogP) is 2.33. The van der Waals surface area contributed by atoms with E-state index in [0.29, 0.717) is 12.1 Å². The largest absolute Gasteiger partial charge is 0.378 e. The van der Waals surface area contributed by atoms with Crippen LogP contribution in [0.1, 0.15) is 46.0 Å². The van der Waals surface area contributed by atoms with Crippen molar-refractivity contribution in [2.75, 3.05) is 13.2 Å². The Balaban J connectivity index is 1.93. The lowest BCUT2D eigenvalue weighted by Crippen LogP contribution is -2.28. The molecular weight excluding hydrogens is 162 g/mol. The lowest BCUT2D eigenvalue weighted by Gasteiger charge is -2.14. The molecule has 78 valence electrons. The lowest BCUT2D eigenvalue weighted by atomic mass is 10.1. The molecular formula is C11H23NO. The molecule has 0 spiro atoms. The zero-order chi connectivity index (χ0) is 9.52. The molecule has 1 saturated heterocycles. The van der Waals surface area contributed by atoms with E-state index in [-0.39, 0.29) is 0 Å². The van der Waals surface area contributed by atoms with Crippen molar-refractivity contribution in [3.05, 3.63) is 0 Å². The van der Waals surface area contributed by atoms with Crippen molar-refractivity contribution >= 4 is 0 Å². The third kappa shape index (κ3) is 4.63.